The van der Waals surface area contributed by atoms with Crippen LogP contribution in [0.25, 0.3) is 0 Å². The number of nitrogens with zero attached hydrogens (tertiary/aromatic N) is 4. The first-order chi connectivity index (χ1) is 12.5. The predicted molar refractivity (Wildman–Crippen MR) is 104 cm³/mol. The molecule has 1 atom stereocenters. The van der Waals surface area contributed by atoms with Crippen molar-refractivity contribution in [2.75, 3.05) is 32.7 Å². The van der Waals surface area contributed by atoms with E-state index in [9.17, 15) is 4.79 Å². The molecular weight excluding hydrogens is 344 g/mol. The van der Waals surface area contributed by atoms with Gasteiger partial charge in [0.25, 0.3) is 5.91 Å². The quantitative estimate of drug-likeness (QED) is 0.833. The second kappa shape index (κ2) is 7.10. The van der Waals surface area contributed by atoms with Gasteiger partial charge in [-0.05, 0) is 26.0 Å². The molecule has 0 saturated carbocycles. The van der Waals surface area contributed by atoms with Crippen LogP contribution in [0.15, 0.2) is 41.9 Å². The maximum absolute atomic E-state index is 13.0. The first-order valence-electron chi connectivity index (χ1n) is 9.25. The first-order valence-corrected chi connectivity index (χ1v) is 10.1. The molecule has 2 aliphatic rings. The molecule has 6 heteroatoms. The third-order valence-electron chi connectivity index (χ3n) is 5.50. The Bertz CT molecular complexity index is 746. The predicted octanol–water partition coefficient (Wildman–Crippen LogP) is 2.56. The van der Waals surface area contributed by atoms with Gasteiger partial charge in [-0.2, -0.15) is 0 Å². The van der Waals surface area contributed by atoms with Gasteiger partial charge in [0.1, 0.15) is 5.01 Å². The number of hydrogen-bond donors (Lipinski definition) is 0. The molecule has 0 radical (unpaired) electrons. The maximum Gasteiger partial charge on any atom is 0.253 e. The summed E-state index contributed by atoms with van der Waals surface area (Å²) in [6, 6.07) is 10.0. The van der Waals surface area contributed by atoms with E-state index in [4.69, 9.17) is 0 Å². The van der Waals surface area contributed by atoms with Gasteiger partial charge < -0.3 is 4.90 Å². The molecule has 2 saturated heterocycles. The van der Waals surface area contributed by atoms with E-state index in [-0.39, 0.29) is 11.4 Å². The summed E-state index contributed by atoms with van der Waals surface area (Å²) in [5, 5.41) is 3.21. The number of fused-ring (bicyclic) bond motifs is 1. The van der Waals surface area contributed by atoms with Gasteiger partial charge in [0, 0.05) is 61.4 Å². The van der Waals surface area contributed by atoms with Gasteiger partial charge in [0.2, 0.25) is 0 Å². The van der Waals surface area contributed by atoms with Crippen LogP contribution in [-0.4, -0.2) is 69.9 Å². The standard InChI is InChI=1S/C20H26N4OS/c1-20(2)15-23(19(25)16-6-4-3-5-7-16)13-17-12-22(9-10-24(17)20)14-18-21-8-11-26-18/h3-8,11,17H,9-10,12-15H2,1-2H3/t17-/m0/s1. The zero-order valence-corrected chi connectivity index (χ0v) is 16.3. The van der Waals surface area contributed by atoms with Crippen LogP contribution in [-0.2, 0) is 6.54 Å². The molecule has 0 unspecified atom stereocenters. The van der Waals surface area contributed by atoms with Crippen molar-refractivity contribution in [3.05, 3.63) is 52.5 Å². The topological polar surface area (TPSA) is 39.7 Å². The fraction of sp³-hybridized carbons (Fsp3) is 0.500. The molecule has 138 valence electrons. The van der Waals surface area contributed by atoms with Crippen molar-refractivity contribution < 1.29 is 4.79 Å². The van der Waals surface area contributed by atoms with E-state index >= 15 is 0 Å². The van der Waals surface area contributed by atoms with Crippen LogP contribution in [0, 0.1) is 0 Å². The number of amides is 1. The van der Waals surface area contributed by atoms with Crippen LogP contribution in [0.4, 0.5) is 0 Å². The molecule has 4 rings (SSSR count). The Balaban J connectivity index is 1.49. The molecule has 2 aliphatic heterocycles. The van der Waals surface area contributed by atoms with Crippen molar-refractivity contribution in [2.45, 2.75) is 32.0 Å². The summed E-state index contributed by atoms with van der Waals surface area (Å²) in [7, 11) is 0. The average Bonchev–Trinajstić information content (AvgIpc) is 3.14. The highest BCUT2D eigenvalue weighted by Crippen LogP contribution is 2.29. The molecule has 0 spiro atoms. The zero-order valence-electron chi connectivity index (χ0n) is 15.5. The lowest BCUT2D eigenvalue weighted by molar-refractivity contribution is -0.0577. The third kappa shape index (κ3) is 3.54. The van der Waals surface area contributed by atoms with Gasteiger partial charge in [0.05, 0.1) is 6.54 Å². The second-order valence-corrected chi connectivity index (χ2v) is 8.85. The number of carbonyl (C=O) groups excluding carboxylic acids is 1. The van der Waals surface area contributed by atoms with E-state index in [0.717, 1.165) is 44.8 Å². The minimum atomic E-state index is 0.000624. The Labute approximate surface area is 159 Å². The van der Waals surface area contributed by atoms with Gasteiger partial charge in [-0.25, -0.2) is 4.98 Å². The first kappa shape index (κ1) is 17.6. The summed E-state index contributed by atoms with van der Waals surface area (Å²) in [4.78, 5) is 24.5. The summed E-state index contributed by atoms with van der Waals surface area (Å²) in [5.74, 6) is 0.148. The molecule has 1 aromatic heterocycles. The number of hydrogen-bond acceptors (Lipinski definition) is 5. The van der Waals surface area contributed by atoms with Crippen LogP contribution in [0.3, 0.4) is 0 Å². The van der Waals surface area contributed by atoms with Crippen molar-refractivity contribution in [3.8, 4) is 0 Å². The van der Waals surface area contributed by atoms with Gasteiger partial charge in [-0.3, -0.25) is 14.6 Å². The van der Waals surface area contributed by atoms with Crippen molar-refractivity contribution in [1.29, 1.82) is 0 Å². The lowest BCUT2D eigenvalue weighted by atomic mass is 9.92. The molecule has 0 bridgehead atoms. The van der Waals surface area contributed by atoms with Crippen LogP contribution in [0.2, 0.25) is 0 Å². The van der Waals surface area contributed by atoms with Crippen molar-refractivity contribution in [1.82, 2.24) is 19.7 Å². The molecule has 2 aromatic rings. The van der Waals surface area contributed by atoms with Crippen LogP contribution in [0.1, 0.15) is 29.2 Å². The summed E-state index contributed by atoms with van der Waals surface area (Å²) < 4.78 is 0. The molecule has 0 N–H and O–H groups in total. The molecule has 1 amide bonds. The Hall–Kier alpha value is -1.76. The number of rotatable bonds is 3. The van der Waals surface area contributed by atoms with E-state index in [1.54, 1.807) is 11.3 Å². The molecule has 3 heterocycles. The largest absolute Gasteiger partial charge is 0.335 e. The molecule has 2 fully saturated rings. The summed E-state index contributed by atoms with van der Waals surface area (Å²) in [6.45, 7) is 10.1. The van der Waals surface area contributed by atoms with E-state index in [0.29, 0.717) is 6.04 Å². The summed E-state index contributed by atoms with van der Waals surface area (Å²) >= 11 is 1.72. The van der Waals surface area contributed by atoms with Crippen molar-refractivity contribution in [2.24, 2.45) is 0 Å². The zero-order chi connectivity index (χ0) is 18.1. The fourth-order valence-electron chi connectivity index (χ4n) is 4.33. The van der Waals surface area contributed by atoms with Crippen LogP contribution in [0.5, 0.6) is 0 Å². The highest BCUT2D eigenvalue weighted by Gasteiger charge is 2.43. The summed E-state index contributed by atoms with van der Waals surface area (Å²) in [5.41, 5.74) is 0.785. The Kier molecular flexibility index (Phi) is 4.82. The van der Waals surface area contributed by atoms with E-state index in [1.807, 2.05) is 46.8 Å². The minimum absolute atomic E-state index is 0.000624. The Morgan fingerprint density at radius 1 is 1.23 bits per heavy atom. The molecule has 5 nitrogen and oxygen atoms in total. The molecule has 26 heavy (non-hydrogen) atoms. The van der Waals surface area contributed by atoms with E-state index < -0.39 is 0 Å². The number of piperazine rings is 2. The molecular formula is C20H26N4OS. The fourth-order valence-corrected chi connectivity index (χ4v) is 4.99. The number of aromatic nitrogens is 1. The lowest BCUT2D eigenvalue weighted by Gasteiger charge is -2.55. The number of benzene rings is 1. The van der Waals surface area contributed by atoms with E-state index in [2.05, 4.69) is 28.6 Å². The van der Waals surface area contributed by atoms with E-state index in [1.165, 1.54) is 5.01 Å². The smallest absolute Gasteiger partial charge is 0.253 e. The normalized spacial score (nSPS) is 23.6. The van der Waals surface area contributed by atoms with Crippen molar-refractivity contribution >= 4 is 17.2 Å². The Morgan fingerprint density at radius 2 is 2.04 bits per heavy atom. The van der Waals surface area contributed by atoms with Gasteiger partial charge in [-0.15, -0.1) is 11.3 Å². The van der Waals surface area contributed by atoms with Gasteiger partial charge in [-0.1, -0.05) is 18.2 Å². The SMILES string of the molecule is CC1(C)CN(C(=O)c2ccccc2)C[C@@H]2CN(Cc3nccs3)CCN21. The minimum Gasteiger partial charge on any atom is -0.335 e. The van der Waals surface area contributed by atoms with Crippen LogP contribution < -0.4 is 0 Å². The monoisotopic (exact) mass is 370 g/mol. The lowest BCUT2D eigenvalue weighted by Crippen LogP contribution is -2.70. The van der Waals surface area contributed by atoms with Gasteiger partial charge in [0.15, 0.2) is 0 Å². The van der Waals surface area contributed by atoms with Gasteiger partial charge >= 0.3 is 0 Å². The highest BCUT2D eigenvalue weighted by atomic mass is 32.1. The second-order valence-electron chi connectivity index (χ2n) is 7.87. The molecule has 1 aromatic carbocycles. The van der Waals surface area contributed by atoms with Crippen LogP contribution >= 0.6 is 11.3 Å². The average molecular weight is 371 g/mol. The maximum atomic E-state index is 13.0. The third-order valence-corrected chi connectivity index (χ3v) is 6.27. The highest BCUT2D eigenvalue weighted by molar-refractivity contribution is 7.09. The summed E-state index contributed by atoms with van der Waals surface area (Å²) in [6.07, 6.45) is 1.88. The number of carbonyl (C=O) groups is 1. The Morgan fingerprint density at radius 3 is 2.77 bits per heavy atom. The molecule has 0 aliphatic carbocycles. The van der Waals surface area contributed by atoms with Crippen molar-refractivity contribution in [3.63, 3.8) is 0 Å². The number of thiazole rings is 1.